The van der Waals surface area contributed by atoms with E-state index in [-0.39, 0.29) is 30.9 Å². The van der Waals surface area contributed by atoms with Crippen LogP contribution in [0.2, 0.25) is 0 Å². The molecule has 9 nitrogen and oxygen atoms in total. The van der Waals surface area contributed by atoms with Crippen molar-refractivity contribution in [1.82, 2.24) is 14.8 Å². The fraction of sp³-hybridized carbons (Fsp3) is 0.200. The van der Waals surface area contributed by atoms with Gasteiger partial charge in [-0.15, -0.1) is 0 Å². The fourth-order valence-corrected chi connectivity index (χ4v) is 3.15. The summed E-state index contributed by atoms with van der Waals surface area (Å²) in [4.78, 5) is 28.4. The number of aromatic nitrogens is 3. The highest BCUT2D eigenvalue weighted by Gasteiger charge is 2.29. The molecule has 0 saturated carbocycles. The number of para-hydroxylation sites is 1. The van der Waals surface area contributed by atoms with Crippen LogP contribution in [0.5, 0.6) is 11.5 Å². The van der Waals surface area contributed by atoms with Crippen LogP contribution in [-0.2, 0) is 9.59 Å². The Labute approximate surface area is 166 Å². The van der Waals surface area contributed by atoms with Crippen LogP contribution < -0.4 is 20.1 Å². The summed E-state index contributed by atoms with van der Waals surface area (Å²) in [5.74, 6) is 1.16. The van der Waals surface area contributed by atoms with E-state index in [2.05, 4.69) is 20.7 Å². The number of fused-ring (bicyclic) bond motifs is 1. The molecular weight excluding hydrogens is 374 g/mol. The summed E-state index contributed by atoms with van der Waals surface area (Å²) in [6, 6.07) is 13.9. The molecule has 2 aromatic carbocycles. The van der Waals surface area contributed by atoms with Gasteiger partial charge in [-0.2, -0.15) is 10.1 Å². The first-order valence-corrected chi connectivity index (χ1v) is 8.99. The lowest BCUT2D eigenvalue weighted by molar-refractivity contribution is -0.118. The Morgan fingerprint density at radius 3 is 2.83 bits per heavy atom. The molecule has 2 amide bonds. The fourth-order valence-electron chi connectivity index (χ4n) is 3.15. The Kier molecular flexibility index (Phi) is 5.10. The van der Waals surface area contributed by atoms with E-state index < -0.39 is 0 Å². The zero-order valence-electron chi connectivity index (χ0n) is 15.7. The molecule has 1 atom stereocenters. The van der Waals surface area contributed by atoms with Gasteiger partial charge in [0.15, 0.2) is 6.61 Å². The average molecular weight is 393 g/mol. The predicted molar refractivity (Wildman–Crippen MR) is 105 cm³/mol. The van der Waals surface area contributed by atoms with Gasteiger partial charge >= 0.3 is 0 Å². The third-order valence-electron chi connectivity index (χ3n) is 4.51. The molecule has 0 spiro atoms. The van der Waals surface area contributed by atoms with E-state index in [1.807, 2.05) is 18.2 Å². The number of nitrogens with zero attached hydrogens (tertiary/aromatic N) is 3. The van der Waals surface area contributed by atoms with Crippen molar-refractivity contribution in [1.29, 1.82) is 0 Å². The topological polar surface area (TPSA) is 107 Å². The number of benzene rings is 2. The highest BCUT2D eigenvalue weighted by atomic mass is 16.5. The summed E-state index contributed by atoms with van der Waals surface area (Å²) in [5.41, 5.74) is 1.40. The van der Waals surface area contributed by atoms with Gasteiger partial charge < -0.3 is 14.8 Å². The number of carbonyl (C=O) groups excluding carboxylic acids is 2. The number of hydrogen-bond acceptors (Lipinski definition) is 6. The van der Waals surface area contributed by atoms with Gasteiger partial charge in [0.2, 0.25) is 11.9 Å². The van der Waals surface area contributed by atoms with E-state index in [4.69, 9.17) is 9.47 Å². The zero-order valence-corrected chi connectivity index (χ0v) is 15.7. The first-order chi connectivity index (χ1) is 14.1. The van der Waals surface area contributed by atoms with E-state index in [1.54, 1.807) is 42.1 Å². The van der Waals surface area contributed by atoms with Crippen molar-refractivity contribution in [3.63, 3.8) is 0 Å². The minimum Gasteiger partial charge on any atom is -0.497 e. The predicted octanol–water partition coefficient (Wildman–Crippen LogP) is 2.24. The molecule has 2 heterocycles. The maximum absolute atomic E-state index is 12.3. The van der Waals surface area contributed by atoms with Crippen molar-refractivity contribution in [3.8, 4) is 11.5 Å². The monoisotopic (exact) mass is 393 g/mol. The highest BCUT2D eigenvalue weighted by Crippen LogP contribution is 2.34. The van der Waals surface area contributed by atoms with Crippen molar-refractivity contribution in [2.45, 2.75) is 12.5 Å². The second-order valence-corrected chi connectivity index (χ2v) is 6.40. The van der Waals surface area contributed by atoms with E-state index in [0.717, 1.165) is 5.56 Å². The second-order valence-electron chi connectivity index (χ2n) is 6.40. The minimum absolute atomic E-state index is 0.150. The summed E-state index contributed by atoms with van der Waals surface area (Å²) < 4.78 is 12.5. The number of methoxy groups -OCH3 is 1. The van der Waals surface area contributed by atoms with Crippen molar-refractivity contribution in [2.24, 2.45) is 0 Å². The molecule has 4 rings (SSSR count). The summed E-state index contributed by atoms with van der Waals surface area (Å²) in [7, 11) is 1.58. The molecule has 2 N–H and O–H groups in total. The van der Waals surface area contributed by atoms with Gasteiger partial charge in [-0.05, 0) is 30.3 Å². The summed E-state index contributed by atoms with van der Waals surface area (Å²) in [6.07, 6.45) is 1.59. The molecule has 1 aromatic heterocycles. The quantitative estimate of drug-likeness (QED) is 0.665. The molecule has 0 bridgehead atoms. The minimum atomic E-state index is -0.359. The van der Waals surface area contributed by atoms with Crippen molar-refractivity contribution >= 4 is 23.5 Å². The van der Waals surface area contributed by atoms with E-state index in [9.17, 15) is 9.59 Å². The smallest absolute Gasteiger partial charge is 0.262 e. The number of hydrogen-bond donors (Lipinski definition) is 2. The average Bonchev–Trinajstić information content (AvgIpc) is 3.21. The zero-order chi connectivity index (χ0) is 20.2. The van der Waals surface area contributed by atoms with Crippen LogP contribution in [0.3, 0.4) is 0 Å². The molecule has 0 aliphatic carbocycles. The molecule has 0 fully saturated rings. The third kappa shape index (κ3) is 4.03. The molecule has 9 heteroatoms. The van der Waals surface area contributed by atoms with E-state index >= 15 is 0 Å². The van der Waals surface area contributed by atoms with Gasteiger partial charge in [0, 0.05) is 11.3 Å². The SMILES string of the molecule is COc1ccc(NC(=O)COc2ccccc2[C@@H]2CC(=O)Nc3ncnn32)cc1. The highest BCUT2D eigenvalue weighted by molar-refractivity contribution is 5.92. The van der Waals surface area contributed by atoms with Crippen LogP contribution in [0.15, 0.2) is 54.9 Å². The third-order valence-corrected chi connectivity index (χ3v) is 4.51. The van der Waals surface area contributed by atoms with Gasteiger partial charge in [-0.25, -0.2) is 4.68 Å². The Balaban J connectivity index is 1.46. The van der Waals surface area contributed by atoms with E-state index in [0.29, 0.717) is 23.1 Å². The number of carbonyl (C=O) groups is 2. The van der Waals surface area contributed by atoms with Crippen LogP contribution >= 0.6 is 0 Å². The lowest BCUT2D eigenvalue weighted by Gasteiger charge is -2.25. The lowest BCUT2D eigenvalue weighted by Crippen LogP contribution is -2.29. The van der Waals surface area contributed by atoms with Crippen LogP contribution in [0.1, 0.15) is 18.0 Å². The van der Waals surface area contributed by atoms with Gasteiger partial charge in [0.05, 0.1) is 19.6 Å². The molecule has 1 aliphatic heterocycles. The number of amides is 2. The Bertz CT molecular complexity index is 1030. The molecule has 0 radical (unpaired) electrons. The van der Waals surface area contributed by atoms with Gasteiger partial charge in [-0.3, -0.25) is 14.9 Å². The molecule has 148 valence electrons. The van der Waals surface area contributed by atoms with Crippen molar-refractivity contribution < 1.29 is 19.1 Å². The summed E-state index contributed by atoms with van der Waals surface area (Å²) in [6.45, 7) is -0.174. The molecule has 0 unspecified atom stereocenters. The number of ether oxygens (including phenoxy) is 2. The van der Waals surface area contributed by atoms with Crippen molar-refractivity contribution in [2.75, 3.05) is 24.4 Å². The second kappa shape index (κ2) is 8.01. The van der Waals surface area contributed by atoms with Crippen molar-refractivity contribution in [3.05, 3.63) is 60.4 Å². The first kappa shape index (κ1) is 18.5. The van der Waals surface area contributed by atoms with E-state index in [1.165, 1.54) is 6.33 Å². The Hall–Kier alpha value is -3.88. The summed E-state index contributed by atoms with van der Waals surface area (Å²) >= 11 is 0. The molecule has 0 saturated heterocycles. The standard InChI is InChI=1S/C20H19N5O4/c1-28-14-8-6-13(7-9-14)23-19(27)11-29-17-5-3-2-4-15(17)16-10-18(26)24-20-21-12-22-25(16)20/h2-9,12,16H,10-11H2,1H3,(H,23,27)(H,21,22,24,26)/t16-/m0/s1. The molecule has 29 heavy (non-hydrogen) atoms. The normalized spacial score (nSPS) is 15.2. The lowest BCUT2D eigenvalue weighted by atomic mass is 10.0. The maximum atomic E-state index is 12.3. The van der Waals surface area contributed by atoms with Crippen LogP contribution in [-0.4, -0.2) is 40.3 Å². The molecule has 3 aromatic rings. The Morgan fingerprint density at radius 2 is 2.03 bits per heavy atom. The molecular formula is C20H19N5O4. The number of anilines is 2. The molecule has 1 aliphatic rings. The first-order valence-electron chi connectivity index (χ1n) is 8.99. The van der Waals surface area contributed by atoms with Gasteiger partial charge in [-0.1, -0.05) is 18.2 Å². The largest absolute Gasteiger partial charge is 0.497 e. The van der Waals surface area contributed by atoms with Gasteiger partial charge in [0.25, 0.3) is 5.91 Å². The van der Waals surface area contributed by atoms with Crippen LogP contribution in [0.4, 0.5) is 11.6 Å². The van der Waals surface area contributed by atoms with Gasteiger partial charge in [0.1, 0.15) is 17.8 Å². The summed E-state index contributed by atoms with van der Waals surface area (Å²) in [5, 5.41) is 9.65. The maximum Gasteiger partial charge on any atom is 0.262 e. The Morgan fingerprint density at radius 1 is 1.24 bits per heavy atom. The number of rotatable bonds is 6. The number of nitrogens with one attached hydrogen (secondary N) is 2. The van der Waals surface area contributed by atoms with Crippen LogP contribution in [0.25, 0.3) is 0 Å². The van der Waals surface area contributed by atoms with Crippen LogP contribution in [0, 0.1) is 0 Å².